The van der Waals surface area contributed by atoms with Gasteiger partial charge in [-0.25, -0.2) is 0 Å². The summed E-state index contributed by atoms with van der Waals surface area (Å²) in [5, 5.41) is 22.2. The molecule has 0 aliphatic heterocycles. The molecule has 1 aromatic heterocycles. The molecule has 0 saturated carbocycles. The molecule has 0 radical (unpaired) electrons. The van der Waals surface area contributed by atoms with Crippen molar-refractivity contribution in [2.45, 2.75) is 13.0 Å². The molecule has 2 N–H and O–H groups in total. The molecule has 76 valence electrons. The molecule has 6 heteroatoms. The van der Waals surface area contributed by atoms with E-state index < -0.39 is 11.0 Å². The lowest BCUT2D eigenvalue weighted by Crippen LogP contribution is -2.16. The van der Waals surface area contributed by atoms with Crippen LogP contribution in [-0.2, 0) is 0 Å². The zero-order valence-electron chi connectivity index (χ0n) is 7.67. The standard InChI is InChI=1S/C8H11N3O3/c1-6(12)5-10-7-3-2-4-9-8(7)11(13)14/h2-4,6,10,12H,5H2,1H3. The monoisotopic (exact) mass is 197 g/mol. The lowest BCUT2D eigenvalue weighted by atomic mass is 10.3. The van der Waals surface area contributed by atoms with Crippen LogP contribution in [0.25, 0.3) is 0 Å². The topological polar surface area (TPSA) is 88.3 Å². The number of nitrogens with zero attached hydrogens (tertiary/aromatic N) is 2. The van der Waals surface area contributed by atoms with Gasteiger partial charge in [-0.2, -0.15) is 0 Å². The van der Waals surface area contributed by atoms with E-state index in [0.717, 1.165) is 0 Å². The molecule has 0 amide bonds. The molecule has 14 heavy (non-hydrogen) atoms. The minimum absolute atomic E-state index is 0.229. The first kappa shape index (κ1) is 10.4. The number of rotatable bonds is 4. The average molecular weight is 197 g/mol. The molecular weight excluding hydrogens is 186 g/mol. The van der Waals surface area contributed by atoms with Crippen LogP contribution < -0.4 is 5.32 Å². The van der Waals surface area contributed by atoms with E-state index in [4.69, 9.17) is 5.11 Å². The summed E-state index contributed by atoms with van der Waals surface area (Å²) < 4.78 is 0. The fraction of sp³-hybridized carbons (Fsp3) is 0.375. The Bertz CT molecular complexity index is 327. The van der Waals surface area contributed by atoms with Crippen LogP contribution in [0.1, 0.15) is 6.92 Å². The number of pyridine rings is 1. The third-order valence-corrected chi connectivity index (χ3v) is 1.55. The van der Waals surface area contributed by atoms with Crippen LogP contribution in [0.4, 0.5) is 11.5 Å². The number of aliphatic hydroxyl groups is 1. The molecule has 0 aromatic carbocycles. The van der Waals surface area contributed by atoms with E-state index >= 15 is 0 Å². The van der Waals surface area contributed by atoms with E-state index in [9.17, 15) is 10.1 Å². The molecule has 1 unspecified atom stereocenters. The number of aliphatic hydroxyl groups excluding tert-OH is 1. The quantitative estimate of drug-likeness (QED) is 0.550. The smallest absolute Gasteiger partial charge is 0.386 e. The molecule has 0 spiro atoms. The molecule has 0 aliphatic carbocycles. The van der Waals surface area contributed by atoms with Crippen molar-refractivity contribution in [3.63, 3.8) is 0 Å². The van der Waals surface area contributed by atoms with Crippen LogP contribution in [-0.4, -0.2) is 27.7 Å². The first-order chi connectivity index (χ1) is 6.61. The first-order valence-corrected chi connectivity index (χ1v) is 4.12. The van der Waals surface area contributed by atoms with Crippen LogP contribution >= 0.6 is 0 Å². The Balaban J connectivity index is 2.79. The Labute approximate surface area is 80.7 Å². The van der Waals surface area contributed by atoms with Crippen molar-refractivity contribution in [2.24, 2.45) is 0 Å². The van der Waals surface area contributed by atoms with E-state index in [2.05, 4.69) is 10.3 Å². The third kappa shape index (κ3) is 2.67. The number of aromatic nitrogens is 1. The molecule has 1 rings (SSSR count). The fourth-order valence-corrected chi connectivity index (χ4v) is 0.938. The molecule has 1 atom stereocenters. The van der Waals surface area contributed by atoms with Crippen LogP contribution in [0, 0.1) is 10.1 Å². The normalized spacial score (nSPS) is 12.1. The van der Waals surface area contributed by atoms with Crippen molar-refractivity contribution < 1.29 is 10.0 Å². The van der Waals surface area contributed by atoms with Gasteiger partial charge >= 0.3 is 5.82 Å². The SMILES string of the molecule is CC(O)CNc1cccnc1[N+](=O)[O-]. The average Bonchev–Trinajstić information content (AvgIpc) is 2.15. The van der Waals surface area contributed by atoms with Gasteiger partial charge < -0.3 is 20.5 Å². The predicted octanol–water partition coefficient (Wildman–Crippen LogP) is 0.782. The summed E-state index contributed by atoms with van der Waals surface area (Å²) in [4.78, 5) is 13.6. The van der Waals surface area contributed by atoms with Crippen LogP contribution in [0.3, 0.4) is 0 Å². The van der Waals surface area contributed by atoms with E-state index in [1.165, 1.54) is 6.20 Å². The van der Waals surface area contributed by atoms with Crippen molar-refractivity contribution in [3.8, 4) is 0 Å². The number of nitro groups is 1. The number of hydrogen-bond acceptors (Lipinski definition) is 5. The summed E-state index contributed by atoms with van der Waals surface area (Å²) in [5.74, 6) is -0.229. The van der Waals surface area contributed by atoms with E-state index in [0.29, 0.717) is 5.69 Å². The number of anilines is 1. The maximum absolute atomic E-state index is 10.5. The number of hydrogen-bond donors (Lipinski definition) is 2. The van der Waals surface area contributed by atoms with Gasteiger partial charge in [0.05, 0.1) is 6.10 Å². The van der Waals surface area contributed by atoms with Crippen LogP contribution in [0.2, 0.25) is 0 Å². The lowest BCUT2D eigenvalue weighted by molar-refractivity contribution is -0.388. The summed E-state index contributed by atoms with van der Waals surface area (Å²) >= 11 is 0. The molecule has 0 saturated heterocycles. The van der Waals surface area contributed by atoms with E-state index in [1.54, 1.807) is 19.1 Å². The molecule has 1 aromatic rings. The van der Waals surface area contributed by atoms with Gasteiger partial charge in [-0.1, -0.05) is 0 Å². The van der Waals surface area contributed by atoms with Crippen molar-refractivity contribution in [1.29, 1.82) is 0 Å². The van der Waals surface area contributed by atoms with Gasteiger partial charge in [0.2, 0.25) is 0 Å². The van der Waals surface area contributed by atoms with Crippen molar-refractivity contribution in [1.82, 2.24) is 4.98 Å². The summed E-state index contributed by atoms with van der Waals surface area (Å²) in [6, 6.07) is 3.14. The Morgan fingerprint density at radius 3 is 3.07 bits per heavy atom. The van der Waals surface area contributed by atoms with Gasteiger partial charge in [-0.3, -0.25) is 0 Å². The third-order valence-electron chi connectivity index (χ3n) is 1.55. The van der Waals surface area contributed by atoms with E-state index in [1.807, 2.05) is 0 Å². The molecule has 0 fully saturated rings. The lowest BCUT2D eigenvalue weighted by Gasteiger charge is -2.07. The minimum atomic E-state index is -0.565. The van der Waals surface area contributed by atoms with Gasteiger partial charge in [-0.15, -0.1) is 0 Å². The second-order valence-corrected chi connectivity index (χ2v) is 2.86. The van der Waals surface area contributed by atoms with E-state index in [-0.39, 0.29) is 12.4 Å². The minimum Gasteiger partial charge on any atom is -0.392 e. The van der Waals surface area contributed by atoms with Gasteiger partial charge in [0, 0.05) is 6.54 Å². The number of nitrogens with one attached hydrogen (secondary N) is 1. The highest BCUT2D eigenvalue weighted by Gasteiger charge is 2.13. The van der Waals surface area contributed by atoms with Gasteiger partial charge in [0.15, 0.2) is 0 Å². The summed E-state index contributed by atoms with van der Waals surface area (Å²) in [6.45, 7) is 1.85. The van der Waals surface area contributed by atoms with Crippen LogP contribution in [0.15, 0.2) is 18.3 Å². The molecule has 6 nitrogen and oxygen atoms in total. The predicted molar refractivity (Wildman–Crippen MR) is 51.1 cm³/mol. The summed E-state index contributed by atoms with van der Waals surface area (Å²) in [7, 11) is 0. The second-order valence-electron chi connectivity index (χ2n) is 2.86. The highest BCUT2D eigenvalue weighted by atomic mass is 16.6. The Morgan fingerprint density at radius 2 is 2.50 bits per heavy atom. The largest absolute Gasteiger partial charge is 0.392 e. The molecule has 0 bridgehead atoms. The maximum atomic E-state index is 10.5. The highest BCUT2D eigenvalue weighted by Crippen LogP contribution is 2.19. The van der Waals surface area contributed by atoms with Crippen molar-refractivity contribution in [3.05, 3.63) is 28.4 Å². The maximum Gasteiger partial charge on any atom is 0.386 e. The second kappa shape index (κ2) is 4.52. The Morgan fingerprint density at radius 1 is 1.79 bits per heavy atom. The van der Waals surface area contributed by atoms with Crippen molar-refractivity contribution in [2.75, 3.05) is 11.9 Å². The zero-order valence-corrected chi connectivity index (χ0v) is 7.67. The van der Waals surface area contributed by atoms with Gasteiger partial charge in [0.25, 0.3) is 0 Å². The summed E-state index contributed by atoms with van der Waals surface area (Å²) in [6.07, 6.45) is 0.793. The zero-order chi connectivity index (χ0) is 10.6. The molecule has 0 aliphatic rings. The Hall–Kier alpha value is -1.69. The van der Waals surface area contributed by atoms with Crippen LogP contribution in [0.5, 0.6) is 0 Å². The fourth-order valence-electron chi connectivity index (χ4n) is 0.938. The van der Waals surface area contributed by atoms with Gasteiger partial charge in [0.1, 0.15) is 11.9 Å². The highest BCUT2D eigenvalue weighted by molar-refractivity contribution is 5.56. The van der Waals surface area contributed by atoms with Crippen molar-refractivity contribution >= 4 is 11.5 Å². The first-order valence-electron chi connectivity index (χ1n) is 4.12. The summed E-state index contributed by atoms with van der Waals surface area (Å²) in [5.41, 5.74) is 0.318. The molecular formula is C8H11N3O3. The van der Waals surface area contributed by atoms with Gasteiger partial charge in [-0.05, 0) is 29.0 Å². The Kier molecular flexibility index (Phi) is 3.35. The molecule has 1 heterocycles.